The zero-order chi connectivity index (χ0) is 19.0. The Kier molecular flexibility index (Phi) is 7.76. The van der Waals surface area contributed by atoms with Crippen LogP contribution in [0.5, 0.6) is 11.5 Å². The quantitative estimate of drug-likeness (QED) is 0.642. The van der Waals surface area contributed by atoms with Crippen LogP contribution in [-0.4, -0.2) is 43.7 Å². The van der Waals surface area contributed by atoms with Gasteiger partial charge in [0.2, 0.25) is 0 Å². The molecule has 1 amide bonds. The summed E-state index contributed by atoms with van der Waals surface area (Å²) in [6, 6.07) is 5.54. The molecule has 26 heavy (non-hydrogen) atoms. The van der Waals surface area contributed by atoms with Crippen molar-refractivity contribution < 1.29 is 14.3 Å². The fraction of sp³-hybridized carbons (Fsp3) is 0.667. The second-order valence-corrected chi connectivity index (χ2v) is 7.56. The van der Waals surface area contributed by atoms with Gasteiger partial charge in [0.1, 0.15) is 0 Å². The summed E-state index contributed by atoms with van der Waals surface area (Å²) in [5, 5.41) is 0. The van der Waals surface area contributed by atoms with Gasteiger partial charge in [-0.2, -0.15) is 0 Å². The molecule has 0 aliphatic carbocycles. The van der Waals surface area contributed by atoms with Crippen LogP contribution in [0, 0.1) is 5.41 Å². The van der Waals surface area contributed by atoms with Crippen molar-refractivity contribution in [3.63, 3.8) is 0 Å². The van der Waals surface area contributed by atoms with Gasteiger partial charge in [0.05, 0.1) is 13.2 Å². The van der Waals surface area contributed by atoms with E-state index in [0.717, 1.165) is 44.4 Å². The predicted octanol–water partition coefficient (Wildman–Crippen LogP) is 3.86. The molecule has 2 N–H and O–H groups in total. The number of carbonyl (C=O) groups is 1. The highest BCUT2D eigenvalue weighted by atomic mass is 16.5. The van der Waals surface area contributed by atoms with Crippen molar-refractivity contribution >= 4 is 5.91 Å². The first kappa shape index (κ1) is 20.6. The second kappa shape index (κ2) is 9.81. The van der Waals surface area contributed by atoms with E-state index in [1.165, 1.54) is 0 Å². The maximum Gasteiger partial charge on any atom is 0.254 e. The summed E-state index contributed by atoms with van der Waals surface area (Å²) in [5.74, 6) is 1.43. The number of amides is 1. The Bertz CT molecular complexity index is 591. The Morgan fingerprint density at radius 3 is 2.38 bits per heavy atom. The number of nitrogens with zero attached hydrogens (tertiary/aromatic N) is 1. The van der Waals surface area contributed by atoms with Crippen molar-refractivity contribution in [2.24, 2.45) is 11.1 Å². The van der Waals surface area contributed by atoms with Crippen LogP contribution in [-0.2, 0) is 0 Å². The van der Waals surface area contributed by atoms with E-state index in [-0.39, 0.29) is 11.3 Å². The molecule has 1 fully saturated rings. The highest BCUT2D eigenvalue weighted by Crippen LogP contribution is 2.32. The highest BCUT2D eigenvalue weighted by Gasteiger charge is 2.35. The fourth-order valence-electron chi connectivity index (χ4n) is 3.07. The van der Waals surface area contributed by atoms with Crippen LogP contribution in [0.4, 0.5) is 0 Å². The number of carbonyl (C=O) groups excluding carboxylic acids is 1. The molecule has 5 nitrogen and oxygen atoms in total. The topological polar surface area (TPSA) is 64.8 Å². The first-order valence-electron chi connectivity index (χ1n) is 9.92. The van der Waals surface area contributed by atoms with Crippen LogP contribution >= 0.6 is 0 Å². The Hall–Kier alpha value is -1.75. The fourth-order valence-corrected chi connectivity index (χ4v) is 3.07. The maximum absolute atomic E-state index is 12.9. The van der Waals surface area contributed by atoms with E-state index in [2.05, 4.69) is 20.8 Å². The van der Waals surface area contributed by atoms with Crippen LogP contribution in [0.15, 0.2) is 18.2 Å². The number of unbranched alkanes of at least 4 members (excludes halogenated alkanes) is 2. The molecule has 0 aromatic heterocycles. The Morgan fingerprint density at radius 1 is 1.15 bits per heavy atom. The van der Waals surface area contributed by atoms with Crippen molar-refractivity contribution in [2.75, 3.05) is 32.8 Å². The molecule has 0 spiro atoms. The summed E-state index contributed by atoms with van der Waals surface area (Å²) in [6.45, 7) is 9.77. The first-order valence-corrected chi connectivity index (χ1v) is 9.92. The minimum atomic E-state index is 0.0271. The van der Waals surface area contributed by atoms with Crippen LogP contribution in [0.2, 0.25) is 0 Å². The average molecular weight is 363 g/mol. The van der Waals surface area contributed by atoms with Crippen LogP contribution < -0.4 is 15.2 Å². The van der Waals surface area contributed by atoms with Gasteiger partial charge in [-0.1, -0.05) is 33.6 Å². The van der Waals surface area contributed by atoms with E-state index in [1.54, 1.807) is 0 Å². The number of nitrogens with two attached hydrogens (primary N) is 1. The van der Waals surface area contributed by atoms with Gasteiger partial charge < -0.3 is 20.1 Å². The third kappa shape index (κ3) is 5.37. The van der Waals surface area contributed by atoms with Gasteiger partial charge in [0.25, 0.3) is 5.91 Å². The summed E-state index contributed by atoms with van der Waals surface area (Å²) in [5.41, 5.74) is 6.54. The lowest BCUT2D eigenvalue weighted by Gasteiger charge is -2.23. The van der Waals surface area contributed by atoms with Gasteiger partial charge in [0.15, 0.2) is 11.5 Å². The molecular formula is C21H34N2O3. The monoisotopic (exact) mass is 362 g/mol. The van der Waals surface area contributed by atoms with Crippen molar-refractivity contribution in [2.45, 2.75) is 52.9 Å². The lowest BCUT2D eigenvalue weighted by atomic mass is 9.90. The second-order valence-electron chi connectivity index (χ2n) is 7.56. The van der Waals surface area contributed by atoms with Gasteiger partial charge in [-0.05, 0) is 49.4 Å². The van der Waals surface area contributed by atoms with E-state index in [1.807, 2.05) is 23.1 Å². The summed E-state index contributed by atoms with van der Waals surface area (Å²) in [6.07, 6.45) is 5.08. The van der Waals surface area contributed by atoms with Gasteiger partial charge in [-0.15, -0.1) is 0 Å². The molecule has 1 aromatic rings. The Morgan fingerprint density at radius 2 is 1.81 bits per heavy atom. The average Bonchev–Trinajstić information content (AvgIpc) is 3.05. The van der Waals surface area contributed by atoms with Crippen molar-refractivity contribution in [3.05, 3.63) is 23.8 Å². The normalized spacial score (nSPS) is 19.6. The summed E-state index contributed by atoms with van der Waals surface area (Å²) >= 11 is 0. The van der Waals surface area contributed by atoms with Crippen molar-refractivity contribution in [3.8, 4) is 11.5 Å². The zero-order valence-electron chi connectivity index (χ0n) is 16.6. The molecule has 2 rings (SSSR count). The minimum absolute atomic E-state index is 0.0271. The number of likely N-dealkylation sites (tertiary alicyclic amines) is 1. The van der Waals surface area contributed by atoms with E-state index < -0.39 is 0 Å². The number of hydrogen-bond acceptors (Lipinski definition) is 4. The molecule has 146 valence electrons. The van der Waals surface area contributed by atoms with E-state index >= 15 is 0 Å². The maximum atomic E-state index is 12.9. The predicted molar refractivity (Wildman–Crippen MR) is 105 cm³/mol. The standard InChI is InChI=1S/C21H34N2O3/c1-4-6-12-25-18-9-8-17(14-19(18)26-13-7-5-2)20(24)23-11-10-21(3,15-22)16-23/h8-9,14H,4-7,10-13,15-16,22H2,1-3H3. The molecule has 0 saturated carbocycles. The third-order valence-electron chi connectivity index (χ3n) is 5.04. The number of benzene rings is 1. The molecule has 0 radical (unpaired) electrons. The number of rotatable bonds is 10. The zero-order valence-corrected chi connectivity index (χ0v) is 16.6. The van der Waals surface area contributed by atoms with Crippen LogP contribution in [0.25, 0.3) is 0 Å². The molecule has 1 saturated heterocycles. The number of hydrogen-bond donors (Lipinski definition) is 1. The minimum Gasteiger partial charge on any atom is -0.490 e. The van der Waals surface area contributed by atoms with E-state index in [0.29, 0.717) is 37.6 Å². The summed E-state index contributed by atoms with van der Waals surface area (Å²) in [4.78, 5) is 14.8. The van der Waals surface area contributed by atoms with Crippen LogP contribution in [0.1, 0.15) is 63.2 Å². The van der Waals surface area contributed by atoms with Gasteiger partial charge >= 0.3 is 0 Å². The molecule has 1 atom stereocenters. The summed E-state index contributed by atoms with van der Waals surface area (Å²) < 4.78 is 11.8. The molecule has 1 unspecified atom stereocenters. The van der Waals surface area contributed by atoms with Gasteiger partial charge in [-0.25, -0.2) is 0 Å². The van der Waals surface area contributed by atoms with Gasteiger partial charge in [-0.3, -0.25) is 4.79 Å². The lowest BCUT2D eigenvalue weighted by Crippen LogP contribution is -2.34. The Balaban J connectivity index is 2.12. The van der Waals surface area contributed by atoms with Crippen molar-refractivity contribution in [1.29, 1.82) is 0 Å². The van der Waals surface area contributed by atoms with Crippen molar-refractivity contribution in [1.82, 2.24) is 4.90 Å². The molecule has 1 aliphatic rings. The first-order chi connectivity index (χ1) is 12.5. The smallest absolute Gasteiger partial charge is 0.254 e. The van der Waals surface area contributed by atoms with Crippen LogP contribution in [0.3, 0.4) is 0 Å². The lowest BCUT2D eigenvalue weighted by molar-refractivity contribution is 0.0776. The molecular weight excluding hydrogens is 328 g/mol. The number of ether oxygens (including phenoxy) is 2. The largest absolute Gasteiger partial charge is 0.490 e. The molecule has 0 bridgehead atoms. The molecule has 1 aliphatic heterocycles. The summed E-state index contributed by atoms with van der Waals surface area (Å²) in [7, 11) is 0. The molecule has 1 aromatic carbocycles. The molecule has 5 heteroatoms. The van der Waals surface area contributed by atoms with E-state index in [9.17, 15) is 4.79 Å². The van der Waals surface area contributed by atoms with Gasteiger partial charge in [0, 0.05) is 18.7 Å². The third-order valence-corrected chi connectivity index (χ3v) is 5.04. The van der Waals surface area contributed by atoms with E-state index in [4.69, 9.17) is 15.2 Å². The molecule has 1 heterocycles. The SMILES string of the molecule is CCCCOc1ccc(C(=O)N2CCC(C)(CN)C2)cc1OCCCC. The highest BCUT2D eigenvalue weighted by molar-refractivity contribution is 5.95. The Labute approximate surface area is 157 Å².